The lowest BCUT2D eigenvalue weighted by Crippen LogP contribution is -2.32. The van der Waals surface area contributed by atoms with Gasteiger partial charge in [-0.1, -0.05) is 12.1 Å². The van der Waals surface area contributed by atoms with Crippen molar-refractivity contribution in [2.75, 3.05) is 13.2 Å². The van der Waals surface area contributed by atoms with E-state index in [2.05, 4.69) is 15.1 Å². The Balaban J connectivity index is 1.58. The molecule has 1 saturated carbocycles. The first-order valence-electron chi connectivity index (χ1n) is 13.1. The molecule has 1 aliphatic heterocycles. The van der Waals surface area contributed by atoms with Crippen molar-refractivity contribution >= 4 is 21.6 Å². The predicted molar refractivity (Wildman–Crippen MR) is 146 cm³/mol. The Labute approximate surface area is 231 Å². The SMILES string of the molecule is Cc1ccc(C)c(-n2nc(C(=O)NC[C@H]3CCCO3)c(C)c2Oc2ccc([N+](=O)[O-])cc2S(=O)(=O)NC2CC2)c1. The van der Waals surface area contributed by atoms with E-state index >= 15 is 0 Å². The van der Waals surface area contributed by atoms with E-state index in [0.29, 0.717) is 37.2 Å². The minimum absolute atomic E-state index is 0.0621. The average Bonchev–Trinajstić information content (AvgIpc) is 3.43. The van der Waals surface area contributed by atoms with Crippen LogP contribution in [0.5, 0.6) is 11.6 Å². The van der Waals surface area contributed by atoms with Gasteiger partial charge in [0.25, 0.3) is 11.6 Å². The molecule has 2 aromatic carbocycles. The molecule has 2 N–H and O–H groups in total. The molecule has 2 fully saturated rings. The Hall–Kier alpha value is -3.81. The number of ether oxygens (including phenoxy) is 2. The van der Waals surface area contributed by atoms with Crippen LogP contribution in [-0.2, 0) is 14.8 Å². The van der Waals surface area contributed by atoms with Crippen molar-refractivity contribution in [3.8, 4) is 17.3 Å². The Kier molecular flexibility index (Phi) is 7.62. The molecule has 0 bridgehead atoms. The number of hydrogen-bond donors (Lipinski definition) is 2. The molecule has 5 rings (SSSR count). The number of carbonyl (C=O) groups excluding carboxylic acids is 1. The Morgan fingerprint density at radius 3 is 2.62 bits per heavy atom. The maximum Gasteiger partial charge on any atom is 0.272 e. The first-order valence-corrected chi connectivity index (χ1v) is 14.6. The summed E-state index contributed by atoms with van der Waals surface area (Å²) in [5.74, 6) is -0.429. The topological polar surface area (TPSA) is 155 Å². The van der Waals surface area contributed by atoms with Gasteiger partial charge in [0.05, 0.1) is 16.7 Å². The molecule has 1 saturated heterocycles. The number of carbonyl (C=O) groups is 1. The van der Waals surface area contributed by atoms with Gasteiger partial charge in [0, 0.05) is 36.9 Å². The summed E-state index contributed by atoms with van der Waals surface area (Å²) in [5.41, 5.74) is 2.52. The van der Waals surface area contributed by atoms with E-state index in [4.69, 9.17) is 9.47 Å². The van der Waals surface area contributed by atoms with Crippen LogP contribution in [0.3, 0.4) is 0 Å². The molecule has 1 amide bonds. The standard InChI is InChI=1S/C27H31N5O7S/c1-16-6-7-17(2)22(13-16)31-27(18(3)25(29-31)26(33)28-15-21-5-4-12-38-21)39-23-11-10-20(32(34)35)14-24(23)40(36,37)30-19-8-9-19/h6-7,10-11,13-14,19,21,30H,4-5,8-9,12,15H2,1-3H3,(H,28,33)/t21-/m1/s1. The van der Waals surface area contributed by atoms with Gasteiger partial charge in [-0.2, -0.15) is 9.78 Å². The largest absolute Gasteiger partial charge is 0.437 e. The van der Waals surface area contributed by atoms with Gasteiger partial charge in [0.2, 0.25) is 15.9 Å². The van der Waals surface area contributed by atoms with E-state index in [9.17, 15) is 23.3 Å². The Morgan fingerprint density at radius 2 is 1.95 bits per heavy atom. The molecule has 13 heteroatoms. The highest BCUT2D eigenvalue weighted by atomic mass is 32.2. The summed E-state index contributed by atoms with van der Waals surface area (Å²) in [5, 5.41) is 18.9. The Morgan fingerprint density at radius 1 is 1.18 bits per heavy atom. The molecule has 1 aromatic heterocycles. The van der Waals surface area contributed by atoms with E-state index in [-0.39, 0.29) is 34.4 Å². The van der Waals surface area contributed by atoms with Crippen molar-refractivity contribution in [3.63, 3.8) is 0 Å². The zero-order valence-corrected chi connectivity index (χ0v) is 23.3. The van der Waals surface area contributed by atoms with Crippen LogP contribution >= 0.6 is 0 Å². The number of non-ortho nitro benzene ring substituents is 1. The summed E-state index contributed by atoms with van der Waals surface area (Å²) in [6, 6.07) is 8.90. The van der Waals surface area contributed by atoms with Crippen molar-refractivity contribution < 1.29 is 27.6 Å². The molecule has 212 valence electrons. The molecular weight excluding hydrogens is 538 g/mol. The van der Waals surface area contributed by atoms with Crippen molar-refractivity contribution in [2.24, 2.45) is 0 Å². The predicted octanol–water partition coefficient (Wildman–Crippen LogP) is 3.85. The molecule has 3 aromatic rings. The van der Waals surface area contributed by atoms with Crippen LogP contribution in [0.1, 0.15) is 52.9 Å². The quantitative estimate of drug-likeness (QED) is 0.276. The number of aryl methyl sites for hydroxylation is 2. The smallest absolute Gasteiger partial charge is 0.272 e. The molecular formula is C27H31N5O7S. The fourth-order valence-corrected chi connectivity index (χ4v) is 5.97. The van der Waals surface area contributed by atoms with Crippen LogP contribution in [0.15, 0.2) is 41.3 Å². The van der Waals surface area contributed by atoms with Crippen LogP contribution in [0.25, 0.3) is 5.69 Å². The van der Waals surface area contributed by atoms with Gasteiger partial charge < -0.3 is 14.8 Å². The van der Waals surface area contributed by atoms with Gasteiger partial charge in [0.15, 0.2) is 5.69 Å². The zero-order chi connectivity index (χ0) is 28.6. The number of nitro benzene ring substituents is 1. The van der Waals surface area contributed by atoms with Crippen LogP contribution in [0.2, 0.25) is 0 Å². The normalized spacial score (nSPS) is 17.1. The number of nitrogens with one attached hydrogen (secondary N) is 2. The van der Waals surface area contributed by atoms with Crippen molar-refractivity contribution in [3.05, 3.63) is 68.9 Å². The number of nitrogens with zero attached hydrogens (tertiary/aromatic N) is 3. The van der Waals surface area contributed by atoms with E-state index in [1.807, 2.05) is 32.0 Å². The maximum atomic E-state index is 13.2. The number of sulfonamides is 1. The first-order chi connectivity index (χ1) is 19.0. The number of rotatable bonds is 10. The number of benzene rings is 2. The molecule has 0 spiro atoms. The summed E-state index contributed by atoms with van der Waals surface area (Å²) in [6.07, 6.45) is 3.11. The second-order valence-electron chi connectivity index (χ2n) is 10.2. The second kappa shape index (κ2) is 11.0. The summed E-state index contributed by atoms with van der Waals surface area (Å²) in [4.78, 5) is 23.6. The van der Waals surface area contributed by atoms with E-state index in [1.54, 1.807) is 6.92 Å². The maximum absolute atomic E-state index is 13.2. The average molecular weight is 570 g/mol. The third-order valence-corrected chi connectivity index (χ3v) is 8.47. The lowest BCUT2D eigenvalue weighted by molar-refractivity contribution is -0.385. The van der Waals surface area contributed by atoms with Gasteiger partial charge in [0.1, 0.15) is 10.6 Å². The van der Waals surface area contributed by atoms with Gasteiger partial charge in [-0.15, -0.1) is 0 Å². The van der Waals surface area contributed by atoms with Crippen LogP contribution in [-0.4, -0.2) is 54.3 Å². The number of amides is 1. The van der Waals surface area contributed by atoms with Crippen molar-refractivity contribution in [1.82, 2.24) is 19.8 Å². The Bertz CT molecular complexity index is 1570. The molecule has 2 aliphatic rings. The van der Waals surface area contributed by atoms with Crippen molar-refractivity contribution in [1.29, 1.82) is 0 Å². The summed E-state index contributed by atoms with van der Waals surface area (Å²) in [6.45, 7) is 6.46. The highest BCUT2D eigenvalue weighted by Gasteiger charge is 2.32. The van der Waals surface area contributed by atoms with E-state index in [1.165, 1.54) is 16.8 Å². The molecule has 2 heterocycles. The van der Waals surface area contributed by atoms with Crippen LogP contribution in [0, 0.1) is 30.9 Å². The number of hydrogen-bond acceptors (Lipinski definition) is 8. The van der Waals surface area contributed by atoms with Gasteiger partial charge >= 0.3 is 0 Å². The molecule has 1 aliphatic carbocycles. The second-order valence-corrected chi connectivity index (χ2v) is 11.9. The third kappa shape index (κ3) is 5.86. The van der Waals surface area contributed by atoms with E-state index in [0.717, 1.165) is 30.0 Å². The van der Waals surface area contributed by atoms with Gasteiger partial charge in [-0.3, -0.25) is 14.9 Å². The minimum atomic E-state index is -4.14. The molecule has 1 atom stereocenters. The minimum Gasteiger partial charge on any atom is -0.437 e. The summed E-state index contributed by atoms with van der Waals surface area (Å²) < 4.78 is 42.3. The van der Waals surface area contributed by atoms with E-state index < -0.39 is 26.5 Å². The highest BCUT2D eigenvalue weighted by Crippen LogP contribution is 2.37. The van der Waals surface area contributed by atoms with Crippen molar-refractivity contribution in [2.45, 2.75) is 63.5 Å². The zero-order valence-electron chi connectivity index (χ0n) is 22.5. The van der Waals surface area contributed by atoms with Crippen LogP contribution in [0.4, 0.5) is 5.69 Å². The fraction of sp³-hybridized carbons (Fsp3) is 0.407. The fourth-order valence-electron chi connectivity index (χ4n) is 4.52. The lowest BCUT2D eigenvalue weighted by atomic mass is 10.1. The molecule has 40 heavy (non-hydrogen) atoms. The van der Waals surface area contributed by atoms with Gasteiger partial charge in [-0.25, -0.2) is 13.1 Å². The monoisotopic (exact) mass is 569 g/mol. The third-order valence-electron chi connectivity index (χ3n) is 6.92. The number of aromatic nitrogens is 2. The molecule has 0 radical (unpaired) electrons. The van der Waals surface area contributed by atoms with Crippen LogP contribution < -0.4 is 14.8 Å². The number of nitro groups is 1. The molecule has 0 unspecified atom stereocenters. The summed E-state index contributed by atoms with van der Waals surface area (Å²) >= 11 is 0. The first kappa shape index (κ1) is 27.7. The molecule has 12 nitrogen and oxygen atoms in total. The summed E-state index contributed by atoms with van der Waals surface area (Å²) in [7, 11) is -4.14. The lowest BCUT2D eigenvalue weighted by Gasteiger charge is -2.15. The highest BCUT2D eigenvalue weighted by molar-refractivity contribution is 7.89. The van der Waals surface area contributed by atoms with Gasteiger partial charge in [-0.05, 0) is 69.7 Å².